The topological polar surface area (TPSA) is 12.9 Å². The van der Waals surface area contributed by atoms with Crippen molar-refractivity contribution in [2.75, 3.05) is 0 Å². The van der Waals surface area contributed by atoms with Crippen molar-refractivity contribution in [1.29, 1.82) is 0 Å². The van der Waals surface area contributed by atoms with Crippen LogP contribution in [-0.2, 0) is 0 Å². The Morgan fingerprint density at radius 1 is 1.58 bits per heavy atom. The van der Waals surface area contributed by atoms with Gasteiger partial charge in [0.15, 0.2) is 0 Å². The minimum Gasteiger partial charge on any atom is -0.244 e. The minimum absolute atomic E-state index is 0.590. The van der Waals surface area contributed by atoms with Gasteiger partial charge in [0, 0.05) is 6.20 Å². The normalized spacial score (nSPS) is 27.2. The molecule has 0 aromatic carbocycles. The van der Waals surface area contributed by atoms with E-state index in [-0.39, 0.29) is 0 Å². The SMILES string of the molecule is CC[C@H]1C[C@@H]1c1ccc(Cl)nc1. The Balaban J connectivity index is 2.10. The maximum atomic E-state index is 5.70. The van der Waals surface area contributed by atoms with Crippen LogP contribution in [0.25, 0.3) is 0 Å². The molecule has 0 aliphatic heterocycles. The van der Waals surface area contributed by atoms with Crippen molar-refractivity contribution in [3.63, 3.8) is 0 Å². The summed E-state index contributed by atoms with van der Waals surface area (Å²) in [5.74, 6) is 1.66. The molecule has 0 unspecified atom stereocenters. The molecule has 1 nitrogen and oxygen atoms in total. The molecule has 12 heavy (non-hydrogen) atoms. The highest BCUT2D eigenvalue weighted by Crippen LogP contribution is 2.49. The number of hydrogen-bond donors (Lipinski definition) is 0. The predicted molar refractivity (Wildman–Crippen MR) is 50.4 cm³/mol. The number of pyridine rings is 1. The Kier molecular flexibility index (Phi) is 2.05. The maximum Gasteiger partial charge on any atom is 0.129 e. The summed E-state index contributed by atoms with van der Waals surface area (Å²) in [5.41, 5.74) is 1.35. The molecule has 1 fully saturated rings. The summed E-state index contributed by atoms with van der Waals surface area (Å²) < 4.78 is 0. The fourth-order valence-corrected chi connectivity index (χ4v) is 1.83. The number of nitrogens with zero attached hydrogens (tertiary/aromatic N) is 1. The van der Waals surface area contributed by atoms with E-state index in [9.17, 15) is 0 Å². The molecule has 0 saturated heterocycles. The molecule has 1 heterocycles. The molecule has 0 spiro atoms. The van der Waals surface area contributed by atoms with Crippen LogP contribution in [-0.4, -0.2) is 4.98 Å². The molecule has 64 valence electrons. The van der Waals surface area contributed by atoms with Gasteiger partial charge in [-0.05, 0) is 29.9 Å². The number of rotatable bonds is 2. The average Bonchev–Trinajstić information content (AvgIpc) is 2.85. The number of halogens is 1. The molecule has 2 atom stereocenters. The summed E-state index contributed by atoms with van der Waals surface area (Å²) in [5, 5.41) is 0.590. The lowest BCUT2D eigenvalue weighted by molar-refractivity contribution is 0.765. The highest BCUT2D eigenvalue weighted by Gasteiger charge is 2.36. The zero-order valence-electron chi connectivity index (χ0n) is 7.13. The second-order valence-electron chi connectivity index (χ2n) is 3.42. The second-order valence-corrected chi connectivity index (χ2v) is 3.81. The lowest BCUT2D eigenvalue weighted by atomic mass is 10.1. The van der Waals surface area contributed by atoms with Crippen LogP contribution in [0.15, 0.2) is 18.3 Å². The third-order valence-corrected chi connectivity index (χ3v) is 2.85. The third kappa shape index (κ3) is 1.46. The molecule has 2 heteroatoms. The monoisotopic (exact) mass is 181 g/mol. The van der Waals surface area contributed by atoms with E-state index in [1.807, 2.05) is 12.3 Å². The first-order chi connectivity index (χ1) is 5.81. The van der Waals surface area contributed by atoms with Crippen LogP contribution in [0.3, 0.4) is 0 Å². The van der Waals surface area contributed by atoms with Gasteiger partial charge >= 0.3 is 0 Å². The Morgan fingerprint density at radius 3 is 2.92 bits per heavy atom. The lowest BCUT2D eigenvalue weighted by Gasteiger charge is -1.97. The summed E-state index contributed by atoms with van der Waals surface area (Å²) in [6.45, 7) is 2.24. The Labute approximate surface area is 77.8 Å². The van der Waals surface area contributed by atoms with Gasteiger partial charge in [0.2, 0.25) is 0 Å². The predicted octanol–water partition coefficient (Wildman–Crippen LogP) is 3.25. The van der Waals surface area contributed by atoms with Crippen LogP contribution in [0.4, 0.5) is 0 Å². The Bertz CT molecular complexity index is 268. The quantitative estimate of drug-likeness (QED) is 0.639. The first-order valence-electron chi connectivity index (χ1n) is 4.42. The van der Waals surface area contributed by atoms with Crippen LogP contribution in [0.2, 0.25) is 5.15 Å². The van der Waals surface area contributed by atoms with Gasteiger partial charge < -0.3 is 0 Å². The van der Waals surface area contributed by atoms with Gasteiger partial charge in [-0.15, -0.1) is 0 Å². The second kappa shape index (κ2) is 3.06. The highest BCUT2D eigenvalue weighted by atomic mass is 35.5. The standard InChI is InChI=1S/C10H12ClN/c1-2-7-5-9(7)8-3-4-10(11)12-6-8/h3-4,6-7,9H,2,5H2,1H3/t7-,9-/m0/s1. The smallest absolute Gasteiger partial charge is 0.129 e. The van der Waals surface area contributed by atoms with Crippen molar-refractivity contribution in [2.45, 2.75) is 25.7 Å². The van der Waals surface area contributed by atoms with Gasteiger partial charge in [-0.2, -0.15) is 0 Å². The number of hydrogen-bond acceptors (Lipinski definition) is 1. The van der Waals surface area contributed by atoms with Gasteiger partial charge in [-0.3, -0.25) is 0 Å². The molecular formula is C10H12ClN. The van der Waals surface area contributed by atoms with Crippen LogP contribution in [0, 0.1) is 5.92 Å². The van der Waals surface area contributed by atoms with E-state index >= 15 is 0 Å². The first-order valence-corrected chi connectivity index (χ1v) is 4.80. The summed E-state index contributed by atoms with van der Waals surface area (Å²) in [6.07, 6.45) is 4.52. The molecule has 0 bridgehead atoms. The van der Waals surface area contributed by atoms with Crippen LogP contribution < -0.4 is 0 Å². The zero-order valence-corrected chi connectivity index (χ0v) is 7.88. The van der Waals surface area contributed by atoms with Crippen molar-refractivity contribution in [2.24, 2.45) is 5.92 Å². The van der Waals surface area contributed by atoms with Crippen molar-refractivity contribution < 1.29 is 0 Å². The molecule has 1 saturated carbocycles. The molecule has 2 rings (SSSR count). The van der Waals surface area contributed by atoms with Crippen molar-refractivity contribution in [3.8, 4) is 0 Å². The molecular weight excluding hydrogens is 170 g/mol. The first kappa shape index (κ1) is 8.06. The van der Waals surface area contributed by atoms with Crippen molar-refractivity contribution >= 4 is 11.6 Å². The molecule has 0 amide bonds. The van der Waals surface area contributed by atoms with E-state index in [2.05, 4.69) is 18.0 Å². The van der Waals surface area contributed by atoms with Gasteiger partial charge in [0.05, 0.1) is 0 Å². The summed E-state index contributed by atoms with van der Waals surface area (Å²) in [6, 6.07) is 3.97. The number of aromatic nitrogens is 1. The molecule has 1 aromatic heterocycles. The molecule has 1 aromatic rings. The maximum absolute atomic E-state index is 5.70. The molecule has 0 N–H and O–H groups in total. The summed E-state index contributed by atoms with van der Waals surface area (Å²) in [7, 11) is 0. The Morgan fingerprint density at radius 2 is 2.42 bits per heavy atom. The fraction of sp³-hybridized carbons (Fsp3) is 0.500. The van der Waals surface area contributed by atoms with Crippen molar-refractivity contribution in [1.82, 2.24) is 4.98 Å². The average molecular weight is 182 g/mol. The van der Waals surface area contributed by atoms with E-state index in [1.54, 1.807) is 0 Å². The largest absolute Gasteiger partial charge is 0.244 e. The van der Waals surface area contributed by atoms with Crippen LogP contribution in [0.5, 0.6) is 0 Å². The van der Waals surface area contributed by atoms with Crippen molar-refractivity contribution in [3.05, 3.63) is 29.0 Å². The summed E-state index contributed by atoms with van der Waals surface area (Å²) >= 11 is 5.70. The molecule has 1 aliphatic carbocycles. The van der Waals surface area contributed by atoms with E-state index in [4.69, 9.17) is 11.6 Å². The highest BCUT2D eigenvalue weighted by molar-refractivity contribution is 6.29. The molecule has 0 radical (unpaired) electrons. The third-order valence-electron chi connectivity index (χ3n) is 2.63. The van der Waals surface area contributed by atoms with Gasteiger partial charge in [-0.1, -0.05) is 31.0 Å². The van der Waals surface area contributed by atoms with Gasteiger partial charge in [0.1, 0.15) is 5.15 Å². The van der Waals surface area contributed by atoms with Crippen LogP contribution in [0.1, 0.15) is 31.2 Å². The Hall–Kier alpha value is -0.560. The van der Waals surface area contributed by atoms with E-state index in [0.29, 0.717) is 5.15 Å². The summed E-state index contributed by atoms with van der Waals surface area (Å²) in [4.78, 5) is 4.07. The fourth-order valence-electron chi connectivity index (χ4n) is 1.71. The van der Waals surface area contributed by atoms with E-state index in [0.717, 1.165) is 11.8 Å². The lowest BCUT2D eigenvalue weighted by Crippen LogP contribution is -1.84. The van der Waals surface area contributed by atoms with E-state index < -0.39 is 0 Å². The zero-order chi connectivity index (χ0) is 8.55. The van der Waals surface area contributed by atoms with Gasteiger partial charge in [-0.25, -0.2) is 4.98 Å². The molecule has 1 aliphatic rings. The minimum atomic E-state index is 0.590. The van der Waals surface area contributed by atoms with Crippen LogP contribution >= 0.6 is 11.6 Å². The van der Waals surface area contributed by atoms with Gasteiger partial charge in [0.25, 0.3) is 0 Å². The van der Waals surface area contributed by atoms with E-state index in [1.165, 1.54) is 18.4 Å².